The summed E-state index contributed by atoms with van der Waals surface area (Å²) in [7, 11) is 0. The standard InChI is InChI=1S/C16H18N2O2/c1-3-20-14-7-5-13(6-8-14)18-16(19)15-9-4-12(17)10-11(15)2/h4-10H,3,17H2,1-2H3,(H,18,19). The molecule has 0 bridgehead atoms. The topological polar surface area (TPSA) is 64.3 Å². The Morgan fingerprint density at radius 2 is 1.90 bits per heavy atom. The van der Waals surface area contributed by atoms with Crippen molar-refractivity contribution >= 4 is 17.3 Å². The molecule has 0 radical (unpaired) electrons. The number of ether oxygens (including phenoxy) is 1. The van der Waals surface area contributed by atoms with Gasteiger partial charge in [-0.05, 0) is 61.9 Å². The summed E-state index contributed by atoms with van der Waals surface area (Å²) in [6, 6.07) is 12.5. The largest absolute Gasteiger partial charge is 0.494 e. The lowest BCUT2D eigenvalue weighted by molar-refractivity contribution is 0.102. The number of nitrogens with two attached hydrogens (primary N) is 1. The van der Waals surface area contributed by atoms with Gasteiger partial charge in [0.15, 0.2) is 0 Å². The Morgan fingerprint density at radius 1 is 1.20 bits per heavy atom. The van der Waals surface area contributed by atoms with Crippen LogP contribution in [-0.2, 0) is 0 Å². The Hall–Kier alpha value is -2.49. The van der Waals surface area contributed by atoms with Crippen LogP contribution in [0.2, 0.25) is 0 Å². The molecule has 2 aromatic carbocycles. The van der Waals surface area contributed by atoms with Gasteiger partial charge in [-0.3, -0.25) is 4.79 Å². The van der Waals surface area contributed by atoms with Crippen LogP contribution in [0.25, 0.3) is 0 Å². The Morgan fingerprint density at radius 3 is 2.50 bits per heavy atom. The van der Waals surface area contributed by atoms with Gasteiger partial charge in [0.2, 0.25) is 0 Å². The number of carbonyl (C=O) groups is 1. The number of aryl methyl sites for hydroxylation is 1. The zero-order chi connectivity index (χ0) is 14.5. The molecule has 4 nitrogen and oxygen atoms in total. The fourth-order valence-corrected chi connectivity index (χ4v) is 1.94. The van der Waals surface area contributed by atoms with E-state index < -0.39 is 0 Å². The molecule has 0 heterocycles. The summed E-state index contributed by atoms with van der Waals surface area (Å²) in [5.74, 6) is 0.640. The number of amides is 1. The van der Waals surface area contributed by atoms with Crippen molar-refractivity contribution < 1.29 is 9.53 Å². The number of benzene rings is 2. The van der Waals surface area contributed by atoms with E-state index in [1.165, 1.54) is 0 Å². The van der Waals surface area contributed by atoms with Crippen LogP contribution in [0.3, 0.4) is 0 Å². The molecule has 1 amide bonds. The molecular weight excluding hydrogens is 252 g/mol. The fraction of sp³-hybridized carbons (Fsp3) is 0.188. The summed E-state index contributed by atoms with van der Waals surface area (Å²) >= 11 is 0. The highest BCUT2D eigenvalue weighted by atomic mass is 16.5. The number of hydrogen-bond acceptors (Lipinski definition) is 3. The fourth-order valence-electron chi connectivity index (χ4n) is 1.94. The van der Waals surface area contributed by atoms with Gasteiger partial charge in [-0.15, -0.1) is 0 Å². The van der Waals surface area contributed by atoms with Crippen molar-refractivity contribution in [2.75, 3.05) is 17.7 Å². The van der Waals surface area contributed by atoms with Crippen molar-refractivity contribution in [2.45, 2.75) is 13.8 Å². The van der Waals surface area contributed by atoms with E-state index in [-0.39, 0.29) is 5.91 Å². The molecule has 0 unspecified atom stereocenters. The van der Waals surface area contributed by atoms with Gasteiger partial charge in [0, 0.05) is 16.9 Å². The molecule has 0 aliphatic carbocycles. The predicted octanol–water partition coefficient (Wildman–Crippen LogP) is 3.23. The zero-order valence-corrected chi connectivity index (χ0v) is 11.6. The summed E-state index contributed by atoms with van der Waals surface area (Å²) in [5, 5.41) is 2.85. The summed E-state index contributed by atoms with van der Waals surface area (Å²) in [5.41, 5.74) is 8.54. The van der Waals surface area contributed by atoms with E-state index in [0.717, 1.165) is 17.0 Å². The number of anilines is 2. The average Bonchev–Trinajstić information content (AvgIpc) is 2.41. The molecule has 0 saturated carbocycles. The molecule has 0 aliphatic rings. The van der Waals surface area contributed by atoms with Crippen LogP contribution >= 0.6 is 0 Å². The monoisotopic (exact) mass is 270 g/mol. The van der Waals surface area contributed by atoms with Gasteiger partial charge in [0.05, 0.1) is 6.61 Å². The minimum Gasteiger partial charge on any atom is -0.494 e. The molecule has 2 rings (SSSR count). The first-order valence-electron chi connectivity index (χ1n) is 6.50. The van der Waals surface area contributed by atoms with Crippen molar-refractivity contribution in [2.24, 2.45) is 0 Å². The summed E-state index contributed by atoms with van der Waals surface area (Å²) in [4.78, 5) is 12.2. The number of carbonyl (C=O) groups excluding carboxylic acids is 1. The third-order valence-corrected chi connectivity index (χ3v) is 2.92. The highest BCUT2D eigenvalue weighted by Crippen LogP contribution is 2.18. The predicted molar refractivity (Wildman–Crippen MR) is 81.2 cm³/mol. The lowest BCUT2D eigenvalue weighted by Gasteiger charge is -2.09. The van der Waals surface area contributed by atoms with Gasteiger partial charge >= 0.3 is 0 Å². The maximum atomic E-state index is 12.2. The second kappa shape index (κ2) is 6.10. The lowest BCUT2D eigenvalue weighted by Crippen LogP contribution is -2.13. The van der Waals surface area contributed by atoms with Crippen molar-refractivity contribution in [3.63, 3.8) is 0 Å². The second-order valence-corrected chi connectivity index (χ2v) is 4.49. The van der Waals surface area contributed by atoms with E-state index >= 15 is 0 Å². The smallest absolute Gasteiger partial charge is 0.255 e. The lowest BCUT2D eigenvalue weighted by atomic mass is 10.1. The van der Waals surface area contributed by atoms with Crippen LogP contribution in [0.15, 0.2) is 42.5 Å². The van der Waals surface area contributed by atoms with Gasteiger partial charge in [-0.2, -0.15) is 0 Å². The van der Waals surface area contributed by atoms with Gasteiger partial charge in [-0.1, -0.05) is 0 Å². The Bertz CT molecular complexity index is 606. The molecule has 0 saturated heterocycles. The van der Waals surface area contributed by atoms with E-state index in [4.69, 9.17) is 10.5 Å². The van der Waals surface area contributed by atoms with Crippen LogP contribution in [0.1, 0.15) is 22.8 Å². The van der Waals surface area contributed by atoms with Gasteiger partial charge < -0.3 is 15.8 Å². The molecule has 104 valence electrons. The maximum absolute atomic E-state index is 12.2. The Balaban J connectivity index is 2.11. The molecule has 2 aromatic rings. The van der Waals surface area contributed by atoms with E-state index in [0.29, 0.717) is 17.9 Å². The number of nitrogens with one attached hydrogen (secondary N) is 1. The first-order chi connectivity index (χ1) is 9.60. The second-order valence-electron chi connectivity index (χ2n) is 4.49. The quantitative estimate of drug-likeness (QED) is 0.838. The van der Waals surface area contributed by atoms with Gasteiger partial charge in [-0.25, -0.2) is 0 Å². The molecule has 4 heteroatoms. The molecular formula is C16H18N2O2. The SMILES string of the molecule is CCOc1ccc(NC(=O)c2ccc(N)cc2C)cc1. The van der Waals surface area contributed by atoms with Crippen LogP contribution in [0.5, 0.6) is 5.75 Å². The minimum atomic E-state index is -0.147. The van der Waals surface area contributed by atoms with Crippen molar-refractivity contribution in [3.8, 4) is 5.75 Å². The third-order valence-electron chi connectivity index (χ3n) is 2.92. The molecule has 0 aliphatic heterocycles. The minimum absolute atomic E-state index is 0.147. The highest BCUT2D eigenvalue weighted by Gasteiger charge is 2.09. The van der Waals surface area contributed by atoms with Crippen LogP contribution in [0.4, 0.5) is 11.4 Å². The van der Waals surface area contributed by atoms with Gasteiger partial charge in [0.1, 0.15) is 5.75 Å². The Kier molecular flexibility index (Phi) is 4.25. The van der Waals surface area contributed by atoms with E-state index in [9.17, 15) is 4.79 Å². The van der Waals surface area contributed by atoms with E-state index in [2.05, 4.69) is 5.32 Å². The highest BCUT2D eigenvalue weighted by molar-refractivity contribution is 6.05. The van der Waals surface area contributed by atoms with Gasteiger partial charge in [0.25, 0.3) is 5.91 Å². The van der Waals surface area contributed by atoms with E-state index in [1.807, 2.05) is 38.1 Å². The van der Waals surface area contributed by atoms with Crippen LogP contribution in [-0.4, -0.2) is 12.5 Å². The molecule has 3 N–H and O–H groups in total. The molecule has 20 heavy (non-hydrogen) atoms. The zero-order valence-electron chi connectivity index (χ0n) is 11.6. The van der Waals surface area contributed by atoms with Crippen LogP contribution in [0, 0.1) is 6.92 Å². The Labute approximate surface area is 118 Å². The van der Waals surface area contributed by atoms with Crippen molar-refractivity contribution in [3.05, 3.63) is 53.6 Å². The molecule has 0 spiro atoms. The number of nitrogen functional groups attached to an aromatic ring is 1. The molecule has 0 aromatic heterocycles. The first-order valence-corrected chi connectivity index (χ1v) is 6.50. The number of rotatable bonds is 4. The summed E-state index contributed by atoms with van der Waals surface area (Å²) in [6.45, 7) is 4.42. The normalized spacial score (nSPS) is 10.1. The number of hydrogen-bond donors (Lipinski definition) is 2. The first kappa shape index (κ1) is 13.9. The average molecular weight is 270 g/mol. The van der Waals surface area contributed by atoms with Crippen molar-refractivity contribution in [1.82, 2.24) is 0 Å². The summed E-state index contributed by atoms with van der Waals surface area (Å²) < 4.78 is 5.36. The molecule has 0 atom stereocenters. The van der Waals surface area contributed by atoms with E-state index in [1.54, 1.807) is 18.2 Å². The van der Waals surface area contributed by atoms with Crippen molar-refractivity contribution in [1.29, 1.82) is 0 Å². The summed E-state index contributed by atoms with van der Waals surface area (Å²) in [6.07, 6.45) is 0. The van der Waals surface area contributed by atoms with Crippen LogP contribution < -0.4 is 15.8 Å². The third kappa shape index (κ3) is 3.29. The molecule has 0 fully saturated rings. The maximum Gasteiger partial charge on any atom is 0.255 e.